The molecular weight excluding hydrogens is 262 g/mol. The van der Waals surface area contributed by atoms with Crippen molar-refractivity contribution in [2.24, 2.45) is 0 Å². The Hall–Kier alpha value is -2.96. The molecule has 1 heterocycles. The summed E-state index contributed by atoms with van der Waals surface area (Å²) in [6.07, 6.45) is 1.36. The standard InChI is InChI=1S/C13H11N3O4/c1-8-2-3-9(6-12(8)16(19)20)15-10-4-5-11(13(17)18)14-7-10/h2-7,15H,1H3,(H,17,18). The quantitative estimate of drug-likeness (QED) is 0.655. The van der Waals surface area contributed by atoms with Crippen LogP contribution in [0.15, 0.2) is 36.5 Å². The molecule has 2 aromatic rings. The van der Waals surface area contributed by atoms with Gasteiger partial charge in [0.25, 0.3) is 5.69 Å². The number of anilines is 2. The molecule has 2 N–H and O–H groups in total. The summed E-state index contributed by atoms with van der Waals surface area (Å²) >= 11 is 0. The van der Waals surface area contributed by atoms with E-state index in [0.29, 0.717) is 16.9 Å². The molecule has 0 spiro atoms. The summed E-state index contributed by atoms with van der Waals surface area (Å²) < 4.78 is 0. The fourth-order valence-electron chi connectivity index (χ4n) is 1.64. The first kappa shape index (κ1) is 13.5. The van der Waals surface area contributed by atoms with Gasteiger partial charge in [0.15, 0.2) is 0 Å². The monoisotopic (exact) mass is 273 g/mol. The van der Waals surface area contributed by atoms with Gasteiger partial charge in [-0.15, -0.1) is 0 Å². The molecule has 7 heteroatoms. The zero-order chi connectivity index (χ0) is 14.7. The first-order chi connectivity index (χ1) is 9.47. The van der Waals surface area contributed by atoms with Gasteiger partial charge in [0.2, 0.25) is 0 Å². The molecule has 0 aliphatic rings. The first-order valence-electron chi connectivity index (χ1n) is 5.69. The number of carboxylic acid groups (broad SMARTS) is 1. The second-order valence-corrected chi connectivity index (χ2v) is 4.12. The normalized spacial score (nSPS) is 10.1. The topological polar surface area (TPSA) is 105 Å². The maximum absolute atomic E-state index is 10.8. The second-order valence-electron chi connectivity index (χ2n) is 4.12. The van der Waals surface area contributed by atoms with E-state index in [0.717, 1.165) is 0 Å². The highest BCUT2D eigenvalue weighted by atomic mass is 16.6. The number of hydrogen-bond donors (Lipinski definition) is 2. The van der Waals surface area contributed by atoms with Gasteiger partial charge in [0, 0.05) is 17.3 Å². The molecule has 0 unspecified atom stereocenters. The number of rotatable bonds is 4. The average molecular weight is 273 g/mol. The Morgan fingerprint density at radius 3 is 2.55 bits per heavy atom. The van der Waals surface area contributed by atoms with Crippen molar-refractivity contribution in [1.29, 1.82) is 0 Å². The molecule has 0 radical (unpaired) electrons. The highest BCUT2D eigenvalue weighted by Gasteiger charge is 2.11. The smallest absolute Gasteiger partial charge is 0.354 e. The minimum atomic E-state index is -1.11. The van der Waals surface area contributed by atoms with Crippen LogP contribution < -0.4 is 5.32 Å². The van der Waals surface area contributed by atoms with Crippen LogP contribution in [0.2, 0.25) is 0 Å². The van der Waals surface area contributed by atoms with Crippen LogP contribution in [-0.4, -0.2) is 21.0 Å². The van der Waals surface area contributed by atoms with Crippen LogP contribution in [0.5, 0.6) is 0 Å². The lowest BCUT2D eigenvalue weighted by molar-refractivity contribution is -0.385. The van der Waals surface area contributed by atoms with Crippen LogP contribution in [0, 0.1) is 17.0 Å². The summed E-state index contributed by atoms with van der Waals surface area (Å²) in [5, 5.41) is 22.5. The molecule has 0 aliphatic carbocycles. The van der Waals surface area contributed by atoms with E-state index in [1.54, 1.807) is 25.1 Å². The molecule has 0 bridgehead atoms. The summed E-state index contributed by atoms with van der Waals surface area (Å²) in [4.78, 5) is 24.8. The number of nitro benzene ring substituents is 1. The van der Waals surface area contributed by atoms with Crippen LogP contribution in [0.4, 0.5) is 17.1 Å². The highest BCUT2D eigenvalue weighted by Crippen LogP contribution is 2.24. The molecule has 0 amide bonds. The summed E-state index contributed by atoms with van der Waals surface area (Å²) in [5.74, 6) is -1.11. The summed E-state index contributed by atoms with van der Waals surface area (Å²) in [5.41, 5.74) is 1.61. The first-order valence-corrected chi connectivity index (χ1v) is 5.69. The molecule has 7 nitrogen and oxygen atoms in total. The number of hydrogen-bond acceptors (Lipinski definition) is 5. The molecule has 1 aromatic heterocycles. The summed E-state index contributed by atoms with van der Waals surface area (Å²) in [6, 6.07) is 7.66. The van der Waals surface area contributed by atoms with Crippen molar-refractivity contribution in [2.45, 2.75) is 6.92 Å². The average Bonchev–Trinajstić information content (AvgIpc) is 2.41. The third-order valence-corrected chi connectivity index (χ3v) is 2.68. The van der Waals surface area contributed by atoms with Gasteiger partial charge in [0.1, 0.15) is 5.69 Å². The van der Waals surface area contributed by atoms with Crippen molar-refractivity contribution in [3.05, 3.63) is 57.9 Å². The molecule has 20 heavy (non-hydrogen) atoms. The molecule has 0 fully saturated rings. The lowest BCUT2D eigenvalue weighted by Crippen LogP contribution is -2.00. The van der Waals surface area contributed by atoms with E-state index in [1.807, 2.05) is 0 Å². The van der Waals surface area contributed by atoms with Crippen LogP contribution >= 0.6 is 0 Å². The Morgan fingerprint density at radius 2 is 2.00 bits per heavy atom. The van der Waals surface area contributed by atoms with Gasteiger partial charge in [-0.1, -0.05) is 6.07 Å². The molecule has 0 atom stereocenters. The van der Waals surface area contributed by atoms with E-state index in [4.69, 9.17) is 5.11 Å². The van der Waals surface area contributed by atoms with Gasteiger partial charge < -0.3 is 10.4 Å². The number of aromatic nitrogens is 1. The van der Waals surface area contributed by atoms with Crippen molar-refractivity contribution in [1.82, 2.24) is 4.98 Å². The van der Waals surface area contributed by atoms with Crippen LogP contribution in [0.1, 0.15) is 16.1 Å². The van der Waals surface area contributed by atoms with Gasteiger partial charge in [-0.2, -0.15) is 0 Å². The van der Waals surface area contributed by atoms with Crippen molar-refractivity contribution >= 4 is 23.0 Å². The van der Waals surface area contributed by atoms with Gasteiger partial charge in [-0.3, -0.25) is 10.1 Å². The number of carbonyl (C=O) groups is 1. The molecule has 0 saturated carbocycles. The van der Waals surface area contributed by atoms with E-state index in [9.17, 15) is 14.9 Å². The zero-order valence-electron chi connectivity index (χ0n) is 10.5. The van der Waals surface area contributed by atoms with Crippen LogP contribution in [0.3, 0.4) is 0 Å². The molecule has 0 aliphatic heterocycles. The lowest BCUT2D eigenvalue weighted by Gasteiger charge is -2.07. The number of nitrogens with zero attached hydrogens (tertiary/aromatic N) is 2. The Labute approximate surface area is 114 Å². The maximum atomic E-state index is 10.8. The van der Waals surface area contributed by atoms with Crippen molar-refractivity contribution in [3.63, 3.8) is 0 Å². The molecule has 2 rings (SSSR count). The van der Waals surface area contributed by atoms with Gasteiger partial charge in [-0.05, 0) is 25.1 Å². The molecular formula is C13H11N3O4. The Balaban J connectivity index is 2.23. The summed E-state index contributed by atoms with van der Waals surface area (Å²) in [6.45, 7) is 1.66. The number of carboxylic acids is 1. The number of aryl methyl sites for hydroxylation is 1. The van der Waals surface area contributed by atoms with Crippen molar-refractivity contribution in [3.8, 4) is 0 Å². The second kappa shape index (κ2) is 5.35. The number of benzene rings is 1. The number of nitrogens with one attached hydrogen (secondary N) is 1. The highest BCUT2D eigenvalue weighted by molar-refractivity contribution is 5.85. The minimum Gasteiger partial charge on any atom is -0.477 e. The third kappa shape index (κ3) is 2.89. The predicted octanol–water partition coefficient (Wildman–Crippen LogP) is 2.74. The fourth-order valence-corrected chi connectivity index (χ4v) is 1.64. The molecule has 102 valence electrons. The van der Waals surface area contributed by atoms with Gasteiger partial charge in [-0.25, -0.2) is 9.78 Å². The fraction of sp³-hybridized carbons (Fsp3) is 0.0769. The Kier molecular flexibility index (Phi) is 3.60. The van der Waals surface area contributed by atoms with Crippen LogP contribution in [-0.2, 0) is 0 Å². The van der Waals surface area contributed by atoms with Gasteiger partial charge in [0.05, 0.1) is 16.8 Å². The minimum absolute atomic E-state index is 0.0186. The Morgan fingerprint density at radius 1 is 1.30 bits per heavy atom. The van der Waals surface area contributed by atoms with E-state index in [2.05, 4.69) is 10.3 Å². The zero-order valence-corrected chi connectivity index (χ0v) is 10.5. The SMILES string of the molecule is Cc1ccc(Nc2ccc(C(=O)O)nc2)cc1[N+](=O)[O-]. The van der Waals surface area contributed by atoms with E-state index >= 15 is 0 Å². The van der Waals surface area contributed by atoms with E-state index in [-0.39, 0.29) is 11.4 Å². The van der Waals surface area contributed by atoms with Crippen molar-refractivity contribution < 1.29 is 14.8 Å². The Bertz CT molecular complexity index is 668. The third-order valence-electron chi connectivity index (χ3n) is 2.68. The van der Waals surface area contributed by atoms with Crippen molar-refractivity contribution in [2.75, 3.05) is 5.32 Å². The number of pyridine rings is 1. The maximum Gasteiger partial charge on any atom is 0.354 e. The summed E-state index contributed by atoms with van der Waals surface area (Å²) in [7, 11) is 0. The lowest BCUT2D eigenvalue weighted by atomic mass is 10.2. The molecule has 1 aromatic carbocycles. The predicted molar refractivity (Wildman–Crippen MR) is 72.3 cm³/mol. The van der Waals surface area contributed by atoms with Gasteiger partial charge >= 0.3 is 5.97 Å². The largest absolute Gasteiger partial charge is 0.477 e. The van der Waals surface area contributed by atoms with E-state index < -0.39 is 10.9 Å². The number of nitro groups is 1. The van der Waals surface area contributed by atoms with Crippen LogP contribution in [0.25, 0.3) is 0 Å². The number of aromatic carboxylic acids is 1. The van der Waals surface area contributed by atoms with E-state index in [1.165, 1.54) is 18.3 Å². The molecule has 0 saturated heterocycles.